The van der Waals surface area contributed by atoms with Crippen molar-refractivity contribution in [1.29, 1.82) is 0 Å². The van der Waals surface area contributed by atoms with E-state index in [0.29, 0.717) is 25.6 Å². The summed E-state index contributed by atoms with van der Waals surface area (Å²) >= 11 is 0. The van der Waals surface area contributed by atoms with Gasteiger partial charge in [-0.25, -0.2) is 0 Å². The molecular weight excluding hydrogens is 376 g/mol. The SMILES string of the molecule is CCCCCCCCOC(=O)C1(C)C=CCCC1C(=O)OCCC(C)CC(C)(C)C. The van der Waals surface area contributed by atoms with Crippen molar-refractivity contribution in [2.24, 2.45) is 22.7 Å². The molecule has 0 radical (unpaired) electrons. The van der Waals surface area contributed by atoms with Gasteiger partial charge >= 0.3 is 11.9 Å². The van der Waals surface area contributed by atoms with Crippen LogP contribution in [0.25, 0.3) is 0 Å². The standard InChI is InChI=1S/C26H46O4/c1-7-8-9-10-11-14-18-30-24(28)26(6)17-13-12-15-22(26)23(27)29-19-16-21(2)20-25(3,4)5/h13,17,21-22H,7-12,14-16,18-20H2,1-6H3. The molecule has 0 aromatic rings. The van der Waals surface area contributed by atoms with Gasteiger partial charge in [0.2, 0.25) is 0 Å². The van der Waals surface area contributed by atoms with Gasteiger partial charge in [-0.1, -0.05) is 78.9 Å². The number of unbranched alkanes of at least 4 members (excludes halogenated alkanes) is 5. The van der Waals surface area contributed by atoms with Crippen LogP contribution in [0.4, 0.5) is 0 Å². The zero-order valence-electron chi connectivity index (χ0n) is 20.4. The van der Waals surface area contributed by atoms with Gasteiger partial charge in [-0.3, -0.25) is 9.59 Å². The van der Waals surface area contributed by atoms with E-state index in [2.05, 4.69) is 34.6 Å². The van der Waals surface area contributed by atoms with Gasteiger partial charge in [0.05, 0.1) is 24.5 Å². The Morgan fingerprint density at radius 2 is 1.73 bits per heavy atom. The molecule has 0 bridgehead atoms. The highest BCUT2D eigenvalue weighted by atomic mass is 16.5. The third-order valence-electron chi connectivity index (χ3n) is 6.08. The number of carbonyl (C=O) groups is 2. The number of hydrogen-bond donors (Lipinski definition) is 0. The van der Waals surface area contributed by atoms with Crippen molar-refractivity contribution in [1.82, 2.24) is 0 Å². The van der Waals surface area contributed by atoms with Crippen LogP contribution >= 0.6 is 0 Å². The zero-order valence-corrected chi connectivity index (χ0v) is 20.4. The summed E-state index contributed by atoms with van der Waals surface area (Å²) in [5.74, 6) is -0.522. The third kappa shape index (κ3) is 9.66. The van der Waals surface area contributed by atoms with E-state index >= 15 is 0 Å². The predicted octanol–water partition coefficient (Wildman–Crippen LogP) is 6.87. The van der Waals surface area contributed by atoms with Gasteiger partial charge in [0.15, 0.2) is 0 Å². The van der Waals surface area contributed by atoms with Crippen molar-refractivity contribution < 1.29 is 19.1 Å². The monoisotopic (exact) mass is 422 g/mol. The highest BCUT2D eigenvalue weighted by Gasteiger charge is 2.46. The van der Waals surface area contributed by atoms with Gasteiger partial charge in [0, 0.05) is 0 Å². The summed E-state index contributed by atoms with van der Waals surface area (Å²) in [5, 5.41) is 0. The Morgan fingerprint density at radius 1 is 1.07 bits per heavy atom. The molecule has 0 N–H and O–H groups in total. The van der Waals surface area contributed by atoms with E-state index in [9.17, 15) is 9.59 Å². The molecule has 30 heavy (non-hydrogen) atoms. The van der Waals surface area contributed by atoms with E-state index in [1.54, 1.807) is 0 Å². The lowest BCUT2D eigenvalue weighted by Crippen LogP contribution is -2.42. The first-order chi connectivity index (χ1) is 14.1. The lowest BCUT2D eigenvalue weighted by atomic mass is 9.71. The number of hydrogen-bond acceptors (Lipinski definition) is 4. The summed E-state index contributed by atoms with van der Waals surface area (Å²) in [5.41, 5.74) is -0.648. The van der Waals surface area contributed by atoms with Crippen LogP contribution in [0.15, 0.2) is 12.2 Å². The summed E-state index contributed by atoms with van der Waals surface area (Å²) < 4.78 is 11.2. The van der Waals surface area contributed by atoms with E-state index in [1.165, 1.54) is 25.7 Å². The van der Waals surface area contributed by atoms with Crippen molar-refractivity contribution in [3.8, 4) is 0 Å². The number of esters is 2. The molecule has 1 aliphatic carbocycles. The van der Waals surface area contributed by atoms with Crippen LogP contribution in [0, 0.1) is 22.7 Å². The normalized spacial score (nSPS) is 22.5. The molecule has 174 valence electrons. The maximum Gasteiger partial charge on any atom is 0.316 e. The van der Waals surface area contributed by atoms with Gasteiger partial charge < -0.3 is 9.47 Å². The summed E-state index contributed by atoms with van der Waals surface area (Å²) in [6, 6.07) is 0. The fraction of sp³-hybridized carbons (Fsp3) is 0.846. The topological polar surface area (TPSA) is 52.6 Å². The van der Waals surface area contributed by atoms with Gasteiger partial charge in [-0.2, -0.15) is 0 Å². The molecule has 0 fully saturated rings. The molecule has 0 saturated carbocycles. The molecule has 4 heteroatoms. The van der Waals surface area contributed by atoms with E-state index in [1.807, 2.05) is 19.1 Å². The second-order valence-corrected chi connectivity index (χ2v) is 10.5. The Labute approximate surface area is 185 Å². The first kappa shape index (κ1) is 26.7. The number of ether oxygens (including phenoxy) is 2. The minimum absolute atomic E-state index is 0.263. The first-order valence-electron chi connectivity index (χ1n) is 12.1. The average Bonchev–Trinajstić information content (AvgIpc) is 2.65. The molecule has 4 nitrogen and oxygen atoms in total. The zero-order chi connectivity index (χ0) is 22.6. The van der Waals surface area contributed by atoms with Crippen LogP contribution in [0.3, 0.4) is 0 Å². The minimum atomic E-state index is -0.922. The Hall–Kier alpha value is -1.32. The Kier molecular flexibility index (Phi) is 11.7. The smallest absolute Gasteiger partial charge is 0.316 e. The van der Waals surface area contributed by atoms with Crippen LogP contribution < -0.4 is 0 Å². The molecule has 1 rings (SSSR count). The van der Waals surface area contributed by atoms with Gasteiger partial charge in [-0.15, -0.1) is 0 Å². The summed E-state index contributed by atoms with van der Waals surface area (Å²) in [6.07, 6.45) is 14.1. The molecule has 0 amide bonds. The van der Waals surface area contributed by atoms with E-state index in [0.717, 1.165) is 32.1 Å². The average molecular weight is 423 g/mol. The highest BCUT2D eigenvalue weighted by molar-refractivity contribution is 5.87. The lowest BCUT2D eigenvalue weighted by Gasteiger charge is -2.34. The van der Waals surface area contributed by atoms with Crippen molar-refractivity contribution in [2.45, 2.75) is 106 Å². The largest absolute Gasteiger partial charge is 0.465 e. The second-order valence-electron chi connectivity index (χ2n) is 10.5. The lowest BCUT2D eigenvalue weighted by molar-refractivity contribution is -0.166. The molecule has 1 aliphatic rings. The van der Waals surface area contributed by atoms with Crippen LogP contribution in [0.2, 0.25) is 0 Å². The van der Waals surface area contributed by atoms with Crippen molar-refractivity contribution in [2.75, 3.05) is 13.2 Å². The molecule has 0 saturated heterocycles. The van der Waals surface area contributed by atoms with Crippen molar-refractivity contribution in [3.63, 3.8) is 0 Å². The minimum Gasteiger partial charge on any atom is -0.465 e. The maximum atomic E-state index is 12.8. The van der Waals surface area contributed by atoms with E-state index in [4.69, 9.17) is 9.47 Å². The predicted molar refractivity (Wildman–Crippen MR) is 123 cm³/mol. The maximum absolute atomic E-state index is 12.8. The molecule has 0 aromatic heterocycles. The Bertz CT molecular complexity index is 546. The molecule has 3 atom stereocenters. The highest BCUT2D eigenvalue weighted by Crippen LogP contribution is 2.39. The fourth-order valence-corrected chi connectivity index (χ4v) is 4.39. The molecule has 3 unspecified atom stereocenters. The molecular formula is C26H46O4. The summed E-state index contributed by atoms with van der Waals surface area (Å²) in [6.45, 7) is 13.8. The van der Waals surface area contributed by atoms with Crippen LogP contribution in [0.1, 0.15) is 106 Å². The number of rotatable bonds is 13. The molecule has 0 spiro atoms. The number of carbonyl (C=O) groups excluding carboxylic acids is 2. The third-order valence-corrected chi connectivity index (χ3v) is 6.08. The van der Waals surface area contributed by atoms with Gasteiger partial charge in [-0.05, 0) is 50.4 Å². The Balaban J connectivity index is 2.48. The molecule has 0 aliphatic heterocycles. The van der Waals surface area contributed by atoms with Gasteiger partial charge in [0.1, 0.15) is 0 Å². The van der Waals surface area contributed by atoms with Crippen LogP contribution in [-0.2, 0) is 19.1 Å². The van der Waals surface area contributed by atoms with Crippen LogP contribution in [0.5, 0.6) is 0 Å². The van der Waals surface area contributed by atoms with Crippen molar-refractivity contribution >= 4 is 11.9 Å². The quantitative estimate of drug-likeness (QED) is 0.185. The summed E-state index contributed by atoms with van der Waals surface area (Å²) in [7, 11) is 0. The summed E-state index contributed by atoms with van der Waals surface area (Å²) in [4.78, 5) is 25.6. The van der Waals surface area contributed by atoms with Crippen LogP contribution in [-0.4, -0.2) is 25.2 Å². The van der Waals surface area contributed by atoms with Crippen molar-refractivity contribution in [3.05, 3.63) is 12.2 Å². The molecule has 0 heterocycles. The molecule has 0 aromatic carbocycles. The second kappa shape index (κ2) is 13.2. The van der Waals surface area contributed by atoms with E-state index in [-0.39, 0.29) is 17.4 Å². The first-order valence-corrected chi connectivity index (χ1v) is 12.1. The fourth-order valence-electron chi connectivity index (χ4n) is 4.39. The number of allylic oxidation sites excluding steroid dienone is 1. The Morgan fingerprint density at radius 3 is 2.40 bits per heavy atom. The van der Waals surface area contributed by atoms with E-state index < -0.39 is 11.3 Å². The van der Waals surface area contributed by atoms with Gasteiger partial charge in [0.25, 0.3) is 0 Å².